The van der Waals surface area contributed by atoms with Crippen LogP contribution in [0.15, 0.2) is 76.2 Å². The number of hydrogen-bond donors (Lipinski definition) is 2. The molecule has 1 fully saturated rings. The fourth-order valence-corrected chi connectivity index (χ4v) is 7.50. The highest BCUT2D eigenvalue weighted by Gasteiger charge is 2.37. The first-order valence-electron chi connectivity index (χ1n) is 13.8. The fourth-order valence-electron chi connectivity index (χ4n) is 5.04. The fraction of sp³-hybridized carbons (Fsp3) is 0.333. The summed E-state index contributed by atoms with van der Waals surface area (Å²) in [7, 11) is -3.05. The Kier molecular flexibility index (Phi) is 9.75. The van der Waals surface area contributed by atoms with Crippen LogP contribution in [0.2, 0.25) is 0 Å². The van der Waals surface area contributed by atoms with E-state index in [1.165, 1.54) is 35.6 Å². The van der Waals surface area contributed by atoms with Gasteiger partial charge < -0.3 is 15.5 Å². The van der Waals surface area contributed by atoms with E-state index in [2.05, 4.69) is 30.5 Å². The average molecular weight is 641 g/mol. The van der Waals surface area contributed by atoms with Crippen molar-refractivity contribution >= 4 is 49.8 Å². The Labute approximate surface area is 259 Å². The van der Waals surface area contributed by atoms with E-state index >= 15 is 4.39 Å². The Morgan fingerprint density at radius 1 is 1.09 bits per heavy atom. The summed E-state index contributed by atoms with van der Waals surface area (Å²) >= 11 is 2.54. The lowest BCUT2D eigenvalue weighted by Gasteiger charge is -2.42. The van der Waals surface area contributed by atoms with E-state index in [1.807, 2.05) is 49.4 Å². The molecule has 1 aliphatic heterocycles. The first kappa shape index (κ1) is 31.0. The van der Waals surface area contributed by atoms with Crippen molar-refractivity contribution in [3.8, 4) is 0 Å². The van der Waals surface area contributed by atoms with Gasteiger partial charge in [-0.3, -0.25) is 4.79 Å². The molecule has 2 N–H and O–H groups in total. The molecule has 1 amide bonds. The van der Waals surface area contributed by atoms with Crippen LogP contribution < -0.4 is 10.6 Å². The van der Waals surface area contributed by atoms with Gasteiger partial charge >= 0.3 is 0 Å². The predicted octanol–water partition coefficient (Wildman–Crippen LogP) is 5.08. The molecule has 0 saturated carbocycles. The minimum Gasteiger partial charge on any atom is -0.350 e. The third kappa shape index (κ3) is 8.17. The molecule has 0 spiro atoms. The molecule has 43 heavy (non-hydrogen) atoms. The number of nitrogens with one attached hydrogen (secondary N) is 2. The van der Waals surface area contributed by atoms with Crippen molar-refractivity contribution in [3.63, 3.8) is 0 Å². The first-order chi connectivity index (χ1) is 20.6. The van der Waals surface area contributed by atoms with Crippen molar-refractivity contribution in [3.05, 3.63) is 89.8 Å². The van der Waals surface area contributed by atoms with Crippen LogP contribution in [-0.4, -0.2) is 72.4 Å². The van der Waals surface area contributed by atoms with Crippen LogP contribution in [0.1, 0.15) is 34.5 Å². The van der Waals surface area contributed by atoms with Gasteiger partial charge in [-0.1, -0.05) is 53.4 Å². The Hall–Kier alpha value is -3.39. The molecule has 9 nitrogen and oxygen atoms in total. The van der Waals surface area contributed by atoms with Crippen molar-refractivity contribution in [2.45, 2.75) is 34.3 Å². The largest absolute Gasteiger partial charge is 0.350 e. The summed E-state index contributed by atoms with van der Waals surface area (Å²) in [6.07, 6.45) is 7.51. The SMILES string of the molecule is Cc1ccnc(Nc2ncc(Sc3ccnc(C(=O)NCC4(c5ccccc5)CCN(CCS(C)(=O)=O)CC4)c3F)s2)c1. The lowest BCUT2D eigenvalue weighted by atomic mass is 9.72. The number of halogens is 1. The summed E-state index contributed by atoms with van der Waals surface area (Å²) < 4.78 is 39.6. The number of hydrogen-bond acceptors (Lipinski definition) is 10. The third-order valence-electron chi connectivity index (χ3n) is 7.48. The number of piperidine rings is 1. The molecular formula is C30H33FN6O3S3. The van der Waals surface area contributed by atoms with Crippen molar-refractivity contribution < 1.29 is 17.6 Å². The van der Waals surface area contributed by atoms with Gasteiger partial charge in [0.2, 0.25) is 0 Å². The number of nitrogens with zero attached hydrogens (tertiary/aromatic N) is 4. The number of rotatable bonds is 11. The van der Waals surface area contributed by atoms with Crippen LogP contribution in [0.3, 0.4) is 0 Å². The number of pyridine rings is 2. The highest BCUT2D eigenvalue weighted by atomic mass is 32.2. The quantitative estimate of drug-likeness (QED) is 0.231. The zero-order valence-corrected chi connectivity index (χ0v) is 26.4. The molecule has 0 unspecified atom stereocenters. The van der Waals surface area contributed by atoms with Crippen LogP contribution in [-0.2, 0) is 15.3 Å². The molecule has 4 heterocycles. The summed E-state index contributed by atoms with van der Waals surface area (Å²) in [6.45, 7) is 4.17. The standard InChI is InChI=1S/C30H33FN6O3S3/c1-21-8-12-32-24(18-21)36-29-34-19-25(42-29)41-23-9-13-33-27(26(23)31)28(38)35-20-30(22-6-4-3-5-7-22)10-14-37(15-11-30)16-17-43(2,39)40/h3-9,12-13,18-19H,10-11,14-17,20H2,1-2H3,(H,35,38)(H,32,34,36). The van der Waals surface area contributed by atoms with Gasteiger partial charge in [0.1, 0.15) is 15.7 Å². The van der Waals surface area contributed by atoms with Gasteiger partial charge in [-0.2, -0.15) is 0 Å². The maximum Gasteiger partial charge on any atom is 0.273 e. The van der Waals surface area contributed by atoms with E-state index in [-0.39, 0.29) is 21.8 Å². The normalized spacial score (nSPS) is 15.2. The van der Waals surface area contributed by atoms with Gasteiger partial charge in [-0.15, -0.1) is 0 Å². The van der Waals surface area contributed by atoms with Gasteiger partial charge in [-0.05, 0) is 62.2 Å². The maximum atomic E-state index is 15.6. The number of carbonyl (C=O) groups excluding carboxylic acids is 1. The van der Waals surface area contributed by atoms with Gasteiger partial charge in [0, 0.05) is 37.2 Å². The number of amides is 1. The number of anilines is 2. The number of benzene rings is 1. The highest BCUT2D eigenvalue weighted by Crippen LogP contribution is 2.37. The smallest absolute Gasteiger partial charge is 0.273 e. The number of thiazole rings is 1. The number of likely N-dealkylation sites (tertiary alicyclic amines) is 1. The molecule has 1 aromatic carbocycles. The molecule has 4 aromatic rings. The topological polar surface area (TPSA) is 117 Å². The molecule has 1 aliphatic rings. The molecule has 3 aromatic heterocycles. The minimum absolute atomic E-state index is 0.116. The zero-order chi connectivity index (χ0) is 30.5. The van der Waals surface area contributed by atoms with E-state index in [0.29, 0.717) is 37.1 Å². The van der Waals surface area contributed by atoms with Crippen LogP contribution in [0.5, 0.6) is 0 Å². The summed E-state index contributed by atoms with van der Waals surface area (Å²) in [4.78, 5) is 28.4. The van der Waals surface area contributed by atoms with Crippen molar-refractivity contribution in [2.24, 2.45) is 0 Å². The molecular weight excluding hydrogens is 608 g/mol. The highest BCUT2D eigenvalue weighted by molar-refractivity contribution is 8.01. The Bertz CT molecular complexity index is 1680. The van der Waals surface area contributed by atoms with Crippen molar-refractivity contribution in [2.75, 3.05) is 43.5 Å². The Morgan fingerprint density at radius 3 is 2.56 bits per heavy atom. The number of aryl methyl sites for hydroxylation is 1. The van der Waals surface area contributed by atoms with Gasteiger partial charge in [0.05, 0.1) is 21.1 Å². The summed E-state index contributed by atoms with van der Waals surface area (Å²) in [5.74, 6) is -0.470. The van der Waals surface area contributed by atoms with Crippen LogP contribution in [0.4, 0.5) is 15.3 Å². The molecule has 0 radical (unpaired) electrons. The Morgan fingerprint density at radius 2 is 1.84 bits per heavy atom. The van der Waals surface area contributed by atoms with E-state index in [4.69, 9.17) is 0 Å². The summed E-state index contributed by atoms with van der Waals surface area (Å²) in [5.41, 5.74) is 1.54. The van der Waals surface area contributed by atoms with E-state index < -0.39 is 21.6 Å². The lowest BCUT2D eigenvalue weighted by molar-refractivity contribution is 0.0913. The minimum atomic E-state index is -3.05. The molecule has 1 saturated heterocycles. The van der Waals surface area contributed by atoms with E-state index in [9.17, 15) is 13.2 Å². The summed E-state index contributed by atoms with van der Waals surface area (Å²) in [6, 6.07) is 15.3. The second-order valence-corrected chi connectivity index (χ2v) is 15.3. The van der Waals surface area contributed by atoms with Crippen molar-refractivity contribution in [1.82, 2.24) is 25.2 Å². The molecule has 0 bridgehead atoms. The second-order valence-electron chi connectivity index (χ2n) is 10.7. The summed E-state index contributed by atoms with van der Waals surface area (Å²) in [5, 5.41) is 6.74. The number of carbonyl (C=O) groups is 1. The average Bonchev–Trinajstić information content (AvgIpc) is 3.43. The number of sulfone groups is 1. The third-order valence-corrected chi connectivity index (χ3v) is 10.5. The molecule has 5 rings (SSSR count). The molecule has 0 atom stereocenters. The van der Waals surface area contributed by atoms with Gasteiger partial charge in [0.15, 0.2) is 16.6 Å². The second kappa shape index (κ2) is 13.5. The lowest BCUT2D eigenvalue weighted by Crippen LogP contribution is -2.49. The van der Waals surface area contributed by atoms with Crippen LogP contribution in [0, 0.1) is 12.7 Å². The maximum absolute atomic E-state index is 15.6. The molecule has 13 heteroatoms. The zero-order valence-electron chi connectivity index (χ0n) is 23.9. The van der Waals surface area contributed by atoms with Crippen LogP contribution >= 0.6 is 23.1 Å². The van der Waals surface area contributed by atoms with Crippen molar-refractivity contribution in [1.29, 1.82) is 0 Å². The molecule has 0 aliphatic carbocycles. The van der Waals surface area contributed by atoms with E-state index in [1.54, 1.807) is 18.5 Å². The van der Waals surface area contributed by atoms with E-state index in [0.717, 1.165) is 28.2 Å². The number of aromatic nitrogens is 3. The van der Waals surface area contributed by atoms with Gasteiger partial charge in [-0.25, -0.2) is 27.8 Å². The monoisotopic (exact) mass is 640 g/mol. The predicted molar refractivity (Wildman–Crippen MR) is 169 cm³/mol. The molecule has 226 valence electrons. The van der Waals surface area contributed by atoms with Crippen LogP contribution in [0.25, 0.3) is 0 Å². The van der Waals surface area contributed by atoms with Gasteiger partial charge in [0.25, 0.3) is 5.91 Å². The first-order valence-corrected chi connectivity index (χ1v) is 17.5. The Balaban J connectivity index is 1.25.